The molecule has 8 nitrogen and oxygen atoms in total. The van der Waals surface area contributed by atoms with Crippen molar-refractivity contribution in [2.75, 3.05) is 41.5 Å². The molecule has 1 aliphatic rings. The highest BCUT2D eigenvalue weighted by molar-refractivity contribution is 14.0. The summed E-state index contributed by atoms with van der Waals surface area (Å²) in [5.41, 5.74) is 2.08. The van der Waals surface area contributed by atoms with E-state index in [1.807, 2.05) is 24.3 Å². The SMILES string of the molecule is CN=C(NCc1cccc(OC)n1)NC1CCN(Cc2cc(OC)cc(OC)c2)C1.I. The molecular formula is C22H32IN5O3. The third-order valence-electron chi connectivity index (χ3n) is 5.08. The van der Waals surface area contributed by atoms with E-state index >= 15 is 0 Å². The van der Waals surface area contributed by atoms with Gasteiger partial charge in [-0.25, -0.2) is 4.98 Å². The maximum Gasteiger partial charge on any atom is 0.213 e. The van der Waals surface area contributed by atoms with Crippen molar-refractivity contribution in [3.05, 3.63) is 47.7 Å². The highest BCUT2D eigenvalue weighted by atomic mass is 127. The minimum Gasteiger partial charge on any atom is -0.497 e. The second-order valence-electron chi connectivity index (χ2n) is 7.18. The van der Waals surface area contributed by atoms with Gasteiger partial charge in [0.05, 0.1) is 33.6 Å². The quantitative estimate of drug-likeness (QED) is 0.302. The Morgan fingerprint density at radius 1 is 1.13 bits per heavy atom. The predicted molar refractivity (Wildman–Crippen MR) is 133 cm³/mol. The summed E-state index contributed by atoms with van der Waals surface area (Å²) >= 11 is 0. The van der Waals surface area contributed by atoms with Gasteiger partial charge in [0.1, 0.15) is 11.5 Å². The Morgan fingerprint density at radius 2 is 1.87 bits per heavy atom. The number of benzene rings is 1. The van der Waals surface area contributed by atoms with Crippen LogP contribution in [-0.2, 0) is 13.1 Å². The summed E-state index contributed by atoms with van der Waals surface area (Å²) in [5.74, 6) is 3.01. The molecule has 0 bridgehead atoms. The molecule has 1 fully saturated rings. The van der Waals surface area contributed by atoms with Crippen molar-refractivity contribution in [2.45, 2.75) is 25.6 Å². The molecule has 1 aliphatic heterocycles. The van der Waals surface area contributed by atoms with Gasteiger partial charge in [0, 0.05) is 44.9 Å². The number of guanidine groups is 1. The topological polar surface area (TPSA) is 80.2 Å². The van der Waals surface area contributed by atoms with Crippen molar-refractivity contribution < 1.29 is 14.2 Å². The Morgan fingerprint density at radius 3 is 2.52 bits per heavy atom. The summed E-state index contributed by atoms with van der Waals surface area (Å²) in [5, 5.41) is 6.84. The Hall–Kier alpha value is -2.27. The smallest absolute Gasteiger partial charge is 0.213 e. The number of nitrogens with zero attached hydrogens (tertiary/aromatic N) is 3. The predicted octanol–water partition coefficient (Wildman–Crippen LogP) is 2.66. The molecule has 1 atom stereocenters. The summed E-state index contributed by atoms with van der Waals surface area (Å²) in [7, 11) is 6.75. The number of hydrogen-bond donors (Lipinski definition) is 2. The number of ether oxygens (including phenoxy) is 3. The summed E-state index contributed by atoms with van der Waals surface area (Å²) in [6.45, 7) is 3.39. The van der Waals surface area contributed by atoms with Crippen molar-refractivity contribution >= 4 is 29.9 Å². The van der Waals surface area contributed by atoms with Gasteiger partial charge in [0.2, 0.25) is 5.88 Å². The largest absolute Gasteiger partial charge is 0.497 e. The number of likely N-dealkylation sites (tertiary alicyclic amines) is 1. The summed E-state index contributed by atoms with van der Waals surface area (Å²) in [6, 6.07) is 12.1. The molecule has 1 saturated heterocycles. The number of aliphatic imine (C=N–C) groups is 1. The number of aromatic nitrogens is 1. The van der Waals surface area contributed by atoms with Crippen molar-refractivity contribution in [1.82, 2.24) is 20.5 Å². The van der Waals surface area contributed by atoms with E-state index in [2.05, 4.69) is 37.6 Å². The van der Waals surface area contributed by atoms with Crippen LogP contribution in [0.3, 0.4) is 0 Å². The van der Waals surface area contributed by atoms with Crippen LogP contribution < -0.4 is 24.8 Å². The third kappa shape index (κ3) is 7.42. The summed E-state index contributed by atoms with van der Waals surface area (Å²) < 4.78 is 15.9. The Kier molecular flexibility index (Phi) is 10.1. The van der Waals surface area contributed by atoms with Gasteiger partial charge >= 0.3 is 0 Å². The van der Waals surface area contributed by atoms with E-state index < -0.39 is 0 Å². The first-order chi connectivity index (χ1) is 14.6. The fourth-order valence-corrected chi connectivity index (χ4v) is 3.54. The highest BCUT2D eigenvalue weighted by Gasteiger charge is 2.23. The van der Waals surface area contributed by atoms with Gasteiger partial charge in [0.25, 0.3) is 0 Å². The van der Waals surface area contributed by atoms with Crippen LogP contribution in [-0.4, -0.2) is 63.4 Å². The van der Waals surface area contributed by atoms with Gasteiger partial charge in [-0.1, -0.05) is 6.07 Å². The molecule has 2 N–H and O–H groups in total. The lowest BCUT2D eigenvalue weighted by Gasteiger charge is -2.19. The highest BCUT2D eigenvalue weighted by Crippen LogP contribution is 2.24. The maximum atomic E-state index is 5.38. The molecule has 1 aromatic carbocycles. The van der Waals surface area contributed by atoms with Gasteiger partial charge in [0.15, 0.2) is 5.96 Å². The van der Waals surface area contributed by atoms with Crippen LogP contribution in [0.25, 0.3) is 0 Å². The molecule has 0 spiro atoms. The first-order valence-electron chi connectivity index (χ1n) is 10.0. The second-order valence-corrected chi connectivity index (χ2v) is 7.18. The molecule has 9 heteroatoms. The molecule has 170 valence electrons. The molecule has 2 aromatic rings. The molecule has 2 heterocycles. The van der Waals surface area contributed by atoms with Crippen LogP contribution in [0.15, 0.2) is 41.4 Å². The molecule has 0 amide bonds. The number of hydrogen-bond acceptors (Lipinski definition) is 6. The zero-order valence-electron chi connectivity index (χ0n) is 18.6. The standard InChI is InChI=1S/C22H31N5O3.HI/c1-23-22(24-13-17-6-5-7-21(25-17)30-4)26-18-8-9-27(15-18)14-16-10-19(28-2)12-20(11-16)29-3;/h5-7,10-12,18H,8-9,13-15H2,1-4H3,(H2,23,24,26);1H. The second kappa shape index (κ2) is 12.6. The van der Waals surface area contributed by atoms with E-state index in [4.69, 9.17) is 14.2 Å². The van der Waals surface area contributed by atoms with E-state index in [0.29, 0.717) is 18.5 Å². The number of nitrogens with one attached hydrogen (secondary N) is 2. The molecule has 3 rings (SSSR count). The van der Waals surface area contributed by atoms with Crippen LogP contribution in [0, 0.1) is 0 Å². The zero-order valence-corrected chi connectivity index (χ0v) is 20.9. The average molecular weight is 541 g/mol. The van der Waals surface area contributed by atoms with Gasteiger partial charge in [-0.05, 0) is 30.2 Å². The number of methoxy groups -OCH3 is 3. The fraction of sp³-hybridized carbons (Fsp3) is 0.455. The fourth-order valence-electron chi connectivity index (χ4n) is 3.54. The minimum atomic E-state index is 0. The van der Waals surface area contributed by atoms with Gasteiger partial charge in [-0.2, -0.15) is 0 Å². The van der Waals surface area contributed by atoms with Crippen LogP contribution >= 0.6 is 24.0 Å². The molecule has 1 unspecified atom stereocenters. The molecule has 0 saturated carbocycles. The van der Waals surface area contributed by atoms with E-state index in [9.17, 15) is 0 Å². The number of pyridine rings is 1. The third-order valence-corrected chi connectivity index (χ3v) is 5.08. The molecule has 31 heavy (non-hydrogen) atoms. The minimum absolute atomic E-state index is 0. The Labute approximate surface area is 201 Å². The Balaban J connectivity index is 0.00000341. The summed E-state index contributed by atoms with van der Waals surface area (Å²) in [6.07, 6.45) is 1.05. The monoisotopic (exact) mass is 541 g/mol. The first-order valence-corrected chi connectivity index (χ1v) is 10.0. The normalized spacial score (nSPS) is 16.4. The van der Waals surface area contributed by atoms with Gasteiger partial charge < -0.3 is 24.8 Å². The first kappa shape index (κ1) is 25.0. The van der Waals surface area contributed by atoms with Crippen LogP contribution in [0.4, 0.5) is 0 Å². The van der Waals surface area contributed by atoms with Crippen LogP contribution in [0.5, 0.6) is 17.4 Å². The van der Waals surface area contributed by atoms with E-state index in [1.165, 1.54) is 5.56 Å². The summed E-state index contributed by atoms with van der Waals surface area (Å²) in [4.78, 5) is 11.2. The van der Waals surface area contributed by atoms with E-state index in [1.54, 1.807) is 28.4 Å². The van der Waals surface area contributed by atoms with Crippen LogP contribution in [0.1, 0.15) is 17.7 Å². The van der Waals surface area contributed by atoms with Crippen molar-refractivity contribution in [1.29, 1.82) is 0 Å². The molecule has 0 aliphatic carbocycles. The lowest BCUT2D eigenvalue weighted by molar-refractivity contribution is 0.321. The Bertz CT molecular complexity index is 843. The lowest BCUT2D eigenvalue weighted by Crippen LogP contribution is -2.44. The number of rotatable bonds is 8. The van der Waals surface area contributed by atoms with Gasteiger partial charge in [-0.3, -0.25) is 9.89 Å². The van der Waals surface area contributed by atoms with Gasteiger partial charge in [-0.15, -0.1) is 24.0 Å². The van der Waals surface area contributed by atoms with Crippen molar-refractivity contribution in [2.24, 2.45) is 4.99 Å². The average Bonchev–Trinajstić information content (AvgIpc) is 3.22. The van der Waals surface area contributed by atoms with E-state index in [-0.39, 0.29) is 24.0 Å². The van der Waals surface area contributed by atoms with Crippen LogP contribution in [0.2, 0.25) is 0 Å². The maximum absolute atomic E-state index is 5.38. The lowest BCUT2D eigenvalue weighted by atomic mass is 10.2. The molecule has 1 aromatic heterocycles. The zero-order chi connectivity index (χ0) is 21.3. The van der Waals surface area contributed by atoms with E-state index in [0.717, 1.165) is 49.2 Å². The van der Waals surface area contributed by atoms with Crippen molar-refractivity contribution in [3.63, 3.8) is 0 Å². The number of halogens is 1. The molecular weight excluding hydrogens is 509 g/mol. The molecule has 0 radical (unpaired) electrons. The van der Waals surface area contributed by atoms with Crippen molar-refractivity contribution in [3.8, 4) is 17.4 Å².